The van der Waals surface area contributed by atoms with Crippen molar-refractivity contribution in [3.63, 3.8) is 0 Å². The van der Waals surface area contributed by atoms with Crippen molar-refractivity contribution in [3.8, 4) is 21.9 Å². The third-order valence-corrected chi connectivity index (χ3v) is 5.30. The summed E-state index contributed by atoms with van der Waals surface area (Å²) < 4.78 is 0. The number of aromatic carboxylic acids is 1. The van der Waals surface area contributed by atoms with Gasteiger partial charge in [0.25, 0.3) is 5.91 Å². The molecule has 0 saturated carbocycles. The van der Waals surface area contributed by atoms with Gasteiger partial charge in [0.15, 0.2) is 0 Å². The third-order valence-electron chi connectivity index (χ3n) is 4.28. The monoisotopic (exact) mass is 410 g/mol. The highest BCUT2D eigenvalue weighted by Gasteiger charge is 2.16. The molecule has 0 radical (unpaired) electrons. The summed E-state index contributed by atoms with van der Waals surface area (Å²) in [4.78, 5) is 23.8. The third kappa shape index (κ3) is 4.27. The number of nitrogens with one attached hydrogen (secondary N) is 1. The van der Waals surface area contributed by atoms with Crippen molar-refractivity contribution in [1.29, 1.82) is 0 Å². The lowest BCUT2D eigenvalue weighted by molar-refractivity contribution is 0.0695. The van der Waals surface area contributed by atoms with Crippen LogP contribution in [0.15, 0.2) is 52.9 Å². The zero-order valence-corrected chi connectivity index (χ0v) is 16.4. The second-order valence-electron chi connectivity index (χ2n) is 6.37. The number of hydrazone groups is 1. The van der Waals surface area contributed by atoms with E-state index >= 15 is 0 Å². The number of thiophene rings is 1. The summed E-state index contributed by atoms with van der Waals surface area (Å²) in [5.74, 6) is -2.30. The van der Waals surface area contributed by atoms with E-state index in [1.165, 1.54) is 23.5 Å². The number of carboxylic acids is 1. The van der Waals surface area contributed by atoms with E-state index in [9.17, 15) is 19.8 Å². The highest BCUT2D eigenvalue weighted by atomic mass is 32.1. The Hall–Kier alpha value is -3.65. The Morgan fingerprint density at radius 2 is 1.72 bits per heavy atom. The number of carboxylic acid groups (broad SMARTS) is 1. The first-order chi connectivity index (χ1) is 13.8. The first-order valence-corrected chi connectivity index (χ1v) is 9.44. The molecule has 0 aliphatic heterocycles. The van der Waals surface area contributed by atoms with Crippen molar-refractivity contribution in [2.24, 2.45) is 5.10 Å². The lowest BCUT2D eigenvalue weighted by atomic mass is 10.1. The van der Waals surface area contributed by atoms with Gasteiger partial charge in [-0.05, 0) is 37.6 Å². The molecule has 1 amide bonds. The van der Waals surface area contributed by atoms with Gasteiger partial charge in [-0.2, -0.15) is 5.10 Å². The molecular formula is C21H18N2O5S. The molecule has 1 heterocycles. The summed E-state index contributed by atoms with van der Waals surface area (Å²) in [5.41, 5.74) is 4.92. The van der Waals surface area contributed by atoms with Crippen molar-refractivity contribution in [3.05, 3.63) is 70.1 Å². The number of carbonyl (C=O) groups excluding carboxylic acids is 1. The van der Waals surface area contributed by atoms with E-state index < -0.39 is 17.6 Å². The summed E-state index contributed by atoms with van der Waals surface area (Å²) in [5, 5.41) is 35.1. The van der Waals surface area contributed by atoms with Crippen molar-refractivity contribution in [2.45, 2.75) is 13.8 Å². The average Bonchev–Trinajstić information content (AvgIpc) is 3.07. The fourth-order valence-corrected chi connectivity index (χ4v) is 3.64. The van der Waals surface area contributed by atoms with Crippen LogP contribution in [0.5, 0.6) is 11.5 Å². The first-order valence-electron chi connectivity index (χ1n) is 8.56. The lowest BCUT2D eigenvalue weighted by Crippen LogP contribution is -2.19. The smallest absolute Gasteiger partial charge is 0.335 e. The molecule has 1 aromatic heterocycles. The van der Waals surface area contributed by atoms with Gasteiger partial charge >= 0.3 is 5.97 Å². The maximum absolute atomic E-state index is 12.2. The van der Waals surface area contributed by atoms with Crippen LogP contribution in [0.4, 0.5) is 0 Å². The standard InChI is InChI=1S/C21H18N2O5S/c1-11-3-5-13(6-4-11)19-18(25)16(10-29-19)12(2)22-23-20(26)15-8-7-14(21(27)28)9-17(15)24/h3-10,24-25H,1-2H3,(H,23,26)(H,27,28)/b22-12-. The fraction of sp³-hybridized carbons (Fsp3) is 0.0952. The van der Waals surface area contributed by atoms with Gasteiger partial charge in [0.2, 0.25) is 0 Å². The summed E-state index contributed by atoms with van der Waals surface area (Å²) in [6, 6.07) is 11.2. The highest BCUT2D eigenvalue weighted by molar-refractivity contribution is 7.14. The van der Waals surface area contributed by atoms with E-state index in [2.05, 4.69) is 10.5 Å². The number of aryl methyl sites for hydroxylation is 1. The maximum Gasteiger partial charge on any atom is 0.335 e. The topological polar surface area (TPSA) is 119 Å². The van der Waals surface area contributed by atoms with Gasteiger partial charge in [-0.15, -0.1) is 11.3 Å². The number of hydrogen-bond donors (Lipinski definition) is 4. The zero-order valence-electron chi connectivity index (χ0n) is 15.6. The van der Waals surface area contributed by atoms with E-state index in [0.29, 0.717) is 16.2 Å². The van der Waals surface area contributed by atoms with Crippen molar-refractivity contribution >= 4 is 28.9 Å². The predicted octanol–water partition coefficient (Wildman–Crippen LogP) is 3.99. The molecule has 4 N–H and O–H groups in total. The number of hydrogen-bond acceptors (Lipinski definition) is 6. The van der Waals surface area contributed by atoms with Crippen molar-refractivity contribution < 1.29 is 24.9 Å². The van der Waals surface area contributed by atoms with Crippen molar-refractivity contribution in [1.82, 2.24) is 5.43 Å². The molecule has 29 heavy (non-hydrogen) atoms. The molecule has 0 bridgehead atoms. The summed E-state index contributed by atoms with van der Waals surface area (Å²) in [6.07, 6.45) is 0. The van der Waals surface area contributed by atoms with E-state index in [1.54, 1.807) is 12.3 Å². The minimum absolute atomic E-state index is 0.0722. The summed E-state index contributed by atoms with van der Waals surface area (Å²) >= 11 is 1.36. The molecule has 0 aliphatic carbocycles. The Kier molecular flexibility index (Phi) is 5.65. The summed E-state index contributed by atoms with van der Waals surface area (Å²) in [7, 11) is 0. The average molecular weight is 410 g/mol. The molecule has 0 atom stereocenters. The van der Waals surface area contributed by atoms with Crippen LogP contribution in [0, 0.1) is 6.92 Å². The predicted molar refractivity (Wildman–Crippen MR) is 111 cm³/mol. The molecule has 3 aromatic rings. The minimum atomic E-state index is -1.21. The van der Waals surface area contributed by atoms with Crippen LogP contribution < -0.4 is 5.43 Å². The van der Waals surface area contributed by atoms with Gasteiger partial charge in [0, 0.05) is 5.38 Å². The Labute approximate surface area is 170 Å². The Morgan fingerprint density at radius 3 is 2.34 bits per heavy atom. The molecule has 0 spiro atoms. The second-order valence-corrected chi connectivity index (χ2v) is 7.25. The van der Waals surface area contributed by atoms with Crippen LogP contribution in [-0.4, -0.2) is 32.9 Å². The van der Waals surface area contributed by atoms with Crippen LogP contribution in [0.1, 0.15) is 38.8 Å². The van der Waals surface area contributed by atoms with Gasteiger partial charge in [0.05, 0.1) is 27.3 Å². The van der Waals surface area contributed by atoms with Crippen LogP contribution in [0.2, 0.25) is 0 Å². The van der Waals surface area contributed by atoms with Crippen LogP contribution >= 0.6 is 11.3 Å². The molecule has 0 saturated heterocycles. The molecular weight excluding hydrogens is 392 g/mol. The number of phenolic OH excluding ortho intramolecular Hbond substituents is 1. The number of phenols is 1. The quantitative estimate of drug-likeness (QED) is 0.375. The summed E-state index contributed by atoms with van der Waals surface area (Å²) in [6.45, 7) is 3.62. The second kappa shape index (κ2) is 8.15. The number of carbonyl (C=O) groups is 2. The minimum Gasteiger partial charge on any atom is -0.507 e. The largest absolute Gasteiger partial charge is 0.507 e. The molecule has 7 nitrogen and oxygen atoms in total. The lowest BCUT2D eigenvalue weighted by Gasteiger charge is -2.06. The number of aromatic hydroxyl groups is 2. The van der Waals surface area contributed by atoms with E-state index in [0.717, 1.165) is 17.2 Å². The van der Waals surface area contributed by atoms with Gasteiger partial charge < -0.3 is 15.3 Å². The van der Waals surface area contributed by atoms with Gasteiger partial charge in [-0.3, -0.25) is 4.79 Å². The molecule has 0 aliphatic rings. The molecule has 3 rings (SSSR count). The Balaban J connectivity index is 1.79. The Morgan fingerprint density at radius 1 is 1.03 bits per heavy atom. The fourth-order valence-electron chi connectivity index (χ4n) is 2.63. The molecule has 8 heteroatoms. The van der Waals surface area contributed by atoms with E-state index in [1.807, 2.05) is 31.2 Å². The van der Waals surface area contributed by atoms with Gasteiger partial charge in [0.1, 0.15) is 11.5 Å². The molecule has 2 aromatic carbocycles. The Bertz CT molecular complexity index is 1120. The van der Waals surface area contributed by atoms with Crippen LogP contribution in [-0.2, 0) is 0 Å². The molecule has 148 valence electrons. The number of nitrogens with zero attached hydrogens (tertiary/aromatic N) is 1. The normalized spacial score (nSPS) is 11.3. The van der Waals surface area contributed by atoms with Gasteiger partial charge in [-0.1, -0.05) is 29.8 Å². The molecule has 0 fully saturated rings. The number of benzene rings is 2. The van der Waals surface area contributed by atoms with E-state index in [4.69, 9.17) is 5.11 Å². The van der Waals surface area contributed by atoms with Crippen LogP contribution in [0.3, 0.4) is 0 Å². The highest BCUT2D eigenvalue weighted by Crippen LogP contribution is 2.38. The number of amides is 1. The zero-order chi connectivity index (χ0) is 21.1. The maximum atomic E-state index is 12.2. The van der Waals surface area contributed by atoms with Crippen molar-refractivity contribution in [2.75, 3.05) is 0 Å². The van der Waals surface area contributed by atoms with E-state index in [-0.39, 0.29) is 16.9 Å². The number of rotatable bonds is 5. The first kappa shape index (κ1) is 20.1. The van der Waals surface area contributed by atoms with Gasteiger partial charge in [-0.25, -0.2) is 10.2 Å². The SMILES string of the molecule is C/C(=N/NC(=O)c1ccc(C(=O)O)cc1O)c1csc(-c2ccc(C)cc2)c1O. The molecule has 0 unspecified atom stereocenters. The van der Waals surface area contributed by atoms with Crippen LogP contribution in [0.25, 0.3) is 10.4 Å².